The molecule has 0 aromatic heterocycles. The van der Waals surface area contributed by atoms with Crippen LogP contribution in [-0.4, -0.2) is 21.0 Å². The molecule has 0 unspecified atom stereocenters. The Morgan fingerprint density at radius 2 is 2.00 bits per heavy atom. The van der Waals surface area contributed by atoms with Gasteiger partial charge in [-0.05, 0) is 22.3 Å². The first-order valence-electron chi connectivity index (χ1n) is 6.78. The highest BCUT2D eigenvalue weighted by atomic mass is 127. The number of rotatable bonds is 6. The van der Waals surface area contributed by atoms with Gasteiger partial charge in [0.1, 0.15) is 0 Å². The number of amides is 1. The Bertz CT molecular complexity index is 848. The molecule has 1 heterocycles. The van der Waals surface area contributed by atoms with Crippen molar-refractivity contribution in [2.75, 3.05) is 5.32 Å². The molecule has 0 saturated heterocycles. The molecule has 9 heteroatoms. The second-order valence-corrected chi connectivity index (χ2v) is 6.79. The standard InChI is InChI=1S/C16H12F3IN2O3/c1-2-12(23)21-7-8-5-9(16(24)25)15(14(19)13(8)18)22-11-3-4-20-6-10(11)17/h2-6,22H,1,7H2,(H,21,23)(H,24,25). The van der Waals surface area contributed by atoms with E-state index in [0.29, 0.717) is 0 Å². The first-order chi connectivity index (χ1) is 11.8. The van der Waals surface area contributed by atoms with Crippen LogP contribution >= 0.6 is 20.7 Å². The quantitative estimate of drug-likeness (QED) is 0.446. The zero-order chi connectivity index (χ0) is 18.6. The Balaban J connectivity index is 2.46. The first kappa shape index (κ1) is 18.9. The van der Waals surface area contributed by atoms with Crippen molar-refractivity contribution >= 4 is 42.3 Å². The number of carboxylic acids is 1. The van der Waals surface area contributed by atoms with E-state index in [1.54, 1.807) is 4.08 Å². The fourth-order valence-electron chi connectivity index (χ4n) is 1.92. The summed E-state index contributed by atoms with van der Waals surface area (Å²) in [5.41, 5.74) is -1.79. The summed E-state index contributed by atoms with van der Waals surface area (Å²) in [6, 6.07) is 0.883. The first-order valence-corrected chi connectivity index (χ1v) is 9.27. The second kappa shape index (κ2) is 8.10. The summed E-state index contributed by atoms with van der Waals surface area (Å²) in [6.07, 6.45) is 2.29. The van der Waals surface area contributed by atoms with Crippen LogP contribution in [0.1, 0.15) is 15.9 Å². The predicted molar refractivity (Wildman–Crippen MR) is 96.3 cm³/mol. The Labute approximate surface area is 150 Å². The van der Waals surface area contributed by atoms with Crippen LogP contribution in [0, 0.1) is 11.6 Å². The average molecular weight is 464 g/mol. The molecule has 0 aliphatic carbocycles. The number of nitrogens with one attached hydrogen (secondary N) is 2. The lowest BCUT2D eigenvalue weighted by Crippen LogP contribution is -2.22. The van der Waals surface area contributed by atoms with Gasteiger partial charge in [-0.3, -0.25) is 4.79 Å². The number of carbonyl (C=O) groups is 2. The second-order valence-electron chi connectivity index (χ2n) is 4.73. The minimum Gasteiger partial charge on any atom is -0.478 e. The highest BCUT2D eigenvalue weighted by Crippen LogP contribution is 2.29. The van der Waals surface area contributed by atoms with Crippen molar-refractivity contribution in [3.63, 3.8) is 0 Å². The van der Waals surface area contributed by atoms with E-state index < -0.39 is 67.9 Å². The number of hydrogen-bond donors (Lipinski definition) is 3. The lowest BCUT2D eigenvalue weighted by Gasteiger charge is -2.15. The van der Waals surface area contributed by atoms with E-state index in [0.717, 1.165) is 12.1 Å². The molecule has 25 heavy (non-hydrogen) atoms. The Hall–Kier alpha value is -2.43. The summed E-state index contributed by atoms with van der Waals surface area (Å²) in [6.45, 7) is 2.79. The smallest absolute Gasteiger partial charge is 0.337 e. The van der Waals surface area contributed by atoms with Gasteiger partial charge in [-0.1, -0.05) is 27.3 Å². The third kappa shape index (κ3) is 4.35. The number of allylic oxidation sites excluding steroid dienone is 2. The largest absolute Gasteiger partial charge is 0.478 e. The lowest BCUT2D eigenvalue weighted by molar-refractivity contribution is -0.116. The molecule has 1 aromatic rings. The monoisotopic (exact) mass is 464 g/mol. The van der Waals surface area contributed by atoms with Crippen LogP contribution in [0.2, 0.25) is 0 Å². The zero-order valence-corrected chi connectivity index (χ0v) is 14.7. The van der Waals surface area contributed by atoms with Crippen LogP contribution in [-0.2, 0) is 11.3 Å². The molecule has 0 saturated carbocycles. The van der Waals surface area contributed by atoms with Crippen molar-refractivity contribution in [3.05, 3.63) is 63.2 Å². The van der Waals surface area contributed by atoms with Gasteiger partial charge < -0.3 is 15.7 Å². The topological polar surface area (TPSA) is 78.4 Å². The minimum atomic E-state index is -1.53. The van der Waals surface area contributed by atoms with E-state index in [1.807, 2.05) is 0 Å². The zero-order valence-electron chi connectivity index (χ0n) is 12.6. The normalized spacial score (nSPS) is 13.2. The van der Waals surface area contributed by atoms with Gasteiger partial charge in [0.05, 0.1) is 16.9 Å². The molecule has 5 nitrogen and oxygen atoms in total. The van der Waals surface area contributed by atoms with Crippen LogP contribution in [0.5, 0.6) is 0 Å². The molecule has 0 spiro atoms. The van der Waals surface area contributed by atoms with E-state index in [9.17, 15) is 27.9 Å². The van der Waals surface area contributed by atoms with Gasteiger partial charge >= 0.3 is 5.97 Å². The number of benzene rings is 1. The van der Waals surface area contributed by atoms with Crippen LogP contribution in [0.25, 0.3) is 0 Å². The molecule has 2 rings (SSSR count). The van der Waals surface area contributed by atoms with E-state index in [-0.39, 0.29) is 11.3 Å². The molecule has 3 N–H and O–H groups in total. The number of hydrogen-bond acceptors (Lipinski definition) is 3. The molecule has 0 radical (unpaired) electrons. The molecule has 1 amide bonds. The van der Waals surface area contributed by atoms with Crippen molar-refractivity contribution in [1.29, 1.82) is 0 Å². The number of carbonyl (C=O) groups excluding carboxylic acids is 1. The van der Waals surface area contributed by atoms with E-state index in [2.05, 4.69) is 17.2 Å². The molecule has 1 aliphatic rings. The number of carboxylic acid groups (broad SMARTS) is 1. The summed E-state index contributed by atoms with van der Waals surface area (Å²) in [5.74, 6) is -5.63. The number of halogens is 4. The minimum absolute atomic E-state index is 0.153. The molecule has 1 aromatic carbocycles. The van der Waals surface area contributed by atoms with Crippen molar-refractivity contribution in [3.8, 4) is 0 Å². The molecule has 1 aliphatic heterocycles. The summed E-state index contributed by atoms with van der Waals surface area (Å²) in [4.78, 5) is 22.5. The van der Waals surface area contributed by atoms with Crippen LogP contribution < -0.4 is 10.6 Å². The highest BCUT2D eigenvalue weighted by molar-refractivity contribution is 14.2. The third-order valence-corrected chi connectivity index (χ3v) is 4.81. The van der Waals surface area contributed by atoms with E-state index in [4.69, 9.17) is 0 Å². The number of aromatic carboxylic acids is 1. The van der Waals surface area contributed by atoms with Crippen molar-refractivity contribution < 1.29 is 27.9 Å². The average Bonchev–Trinajstić information content (AvgIpc) is 2.59. The van der Waals surface area contributed by atoms with Gasteiger partial charge in [-0.2, -0.15) is 0 Å². The molecule has 0 fully saturated rings. The molecule has 132 valence electrons. The maximum Gasteiger partial charge on any atom is 0.337 e. The summed E-state index contributed by atoms with van der Waals surface area (Å²) in [5, 5.41) is 13.8. The summed E-state index contributed by atoms with van der Waals surface area (Å²) in [7, 11) is 0. The Kier molecular flexibility index (Phi) is 6.12. The van der Waals surface area contributed by atoms with E-state index >= 15 is 0 Å². The van der Waals surface area contributed by atoms with Crippen LogP contribution in [0.3, 0.4) is 0 Å². The molecular weight excluding hydrogens is 452 g/mol. The highest BCUT2D eigenvalue weighted by Gasteiger charge is 2.23. The molecule has 0 atom stereocenters. The van der Waals surface area contributed by atoms with Gasteiger partial charge in [0.2, 0.25) is 5.91 Å². The Morgan fingerprint density at radius 1 is 1.28 bits per heavy atom. The maximum atomic E-state index is 14.4. The SMILES string of the molecule is C=CC(=O)NCc1cc(C(=O)O)c(NC2=C(F)C=IC=C2)c(F)c1F. The molecule has 0 bridgehead atoms. The van der Waals surface area contributed by atoms with Gasteiger partial charge in [0.25, 0.3) is 0 Å². The van der Waals surface area contributed by atoms with Gasteiger partial charge in [0.15, 0.2) is 17.5 Å². The summed E-state index contributed by atoms with van der Waals surface area (Å²) < 4.78 is 45.3. The van der Waals surface area contributed by atoms with Gasteiger partial charge in [-0.15, -0.1) is 0 Å². The lowest BCUT2D eigenvalue weighted by atomic mass is 10.1. The predicted octanol–water partition coefficient (Wildman–Crippen LogP) is 3.36. The maximum absolute atomic E-state index is 14.4. The van der Waals surface area contributed by atoms with Crippen LogP contribution in [0.15, 0.2) is 40.4 Å². The fraction of sp³-hybridized carbons (Fsp3) is 0.0625. The summed E-state index contributed by atoms with van der Waals surface area (Å²) >= 11 is -0.593. The molecular formula is C16H12F3IN2O3. The van der Waals surface area contributed by atoms with Crippen molar-refractivity contribution in [2.24, 2.45) is 0 Å². The van der Waals surface area contributed by atoms with Crippen molar-refractivity contribution in [1.82, 2.24) is 5.32 Å². The van der Waals surface area contributed by atoms with Gasteiger partial charge in [0, 0.05) is 16.1 Å². The number of anilines is 1. The van der Waals surface area contributed by atoms with Crippen LogP contribution in [0.4, 0.5) is 18.9 Å². The Morgan fingerprint density at radius 3 is 2.60 bits per heavy atom. The van der Waals surface area contributed by atoms with Crippen molar-refractivity contribution in [2.45, 2.75) is 6.54 Å². The van der Waals surface area contributed by atoms with E-state index in [1.165, 1.54) is 10.1 Å². The fourth-order valence-corrected chi connectivity index (χ4v) is 3.34. The van der Waals surface area contributed by atoms with Gasteiger partial charge in [-0.25, -0.2) is 18.0 Å². The third-order valence-electron chi connectivity index (χ3n) is 3.13.